The molecule has 0 fully saturated rings. The Morgan fingerprint density at radius 1 is 1.23 bits per heavy atom. The molecule has 9 heteroatoms. The third-order valence-corrected chi connectivity index (χ3v) is 4.65. The van der Waals surface area contributed by atoms with E-state index in [-0.39, 0.29) is 17.5 Å². The van der Waals surface area contributed by atoms with Crippen LogP contribution < -0.4 is 5.32 Å². The van der Waals surface area contributed by atoms with Crippen LogP contribution in [0.5, 0.6) is 0 Å². The normalized spacial score (nSPS) is 10.7. The van der Waals surface area contributed by atoms with Gasteiger partial charge in [0.25, 0.3) is 0 Å². The zero-order chi connectivity index (χ0) is 18.5. The minimum atomic E-state index is -0.307. The van der Waals surface area contributed by atoms with Crippen LogP contribution in [0.1, 0.15) is 6.92 Å². The van der Waals surface area contributed by atoms with Crippen molar-refractivity contribution in [3.8, 4) is 11.4 Å². The number of halogens is 2. The lowest BCUT2D eigenvalue weighted by atomic mass is 10.2. The van der Waals surface area contributed by atoms with Gasteiger partial charge < -0.3 is 9.88 Å². The molecule has 2 heterocycles. The molecule has 6 nitrogen and oxygen atoms in total. The monoisotopic (exact) mass is 391 g/mol. The van der Waals surface area contributed by atoms with E-state index in [2.05, 4.69) is 20.5 Å². The number of carbonyl (C=O) groups excluding carboxylic acids is 1. The second kappa shape index (κ2) is 8.29. The van der Waals surface area contributed by atoms with Crippen LogP contribution in [0.25, 0.3) is 11.4 Å². The first-order chi connectivity index (χ1) is 12.6. The van der Waals surface area contributed by atoms with Crippen molar-refractivity contribution in [1.29, 1.82) is 0 Å². The first-order valence-corrected chi connectivity index (χ1v) is 9.16. The predicted octanol–water partition coefficient (Wildman–Crippen LogP) is 3.88. The number of thioether (sulfide) groups is 1. The number of anilines is 1. The van der Waals surface area contributed by atoms with Crippen molar-refractivity contribution in [2.24, 2.45) is 0 Å². The van der Waals surface area contributed by atoms with Gasteiger partial charge in [-0.25, -0.2) is 9.37 Å². The van der Waals surface area contributed by atoms with Crippen molar-refractivity contribution in [3.05, 3.63) is 53.4 Å². The summed E-state index contributed by atoms with van der Waals surface area (Å²) >= 11 is 7.04. The molecule has 0 saturated heterocycles. The van der Waals surface area contributed by atoms with Crippen LogP contribution in [-0.4, -0.2) is 31.4 Å². The number of benzene rings is 1. The standard InChI is InChI=1S/C17H15ClFN5OS/c1-2-24-16(11-3-6-13(19)7-4-11)22-23-17(24)26-10-15(25)21-14-8-5-12(18)9-20-14/h3-9H,2,10H2,1H3,(H,20,21,25). The van der Waals surface area contributed by atoms with E-state index in [1.807, 2.05) is 11.5 Å². The number of hydrogen-bond donors (Lipinski definition) is 1. The Kier molecular flexibility index (Phi) is 5.85. The highest BCUT2D eigenvalue weighted by Gasteiger charge is 2.15. The smallest absolute Gasteiger partial charge is 0.236 e. The average Bonchev–Trinajstić information content (AvgIpc) is 3.05. The lowest BCUT2D eigenvalue weighted by molar-refractivity contribution is -0.113. The number of aromatic nitrogens is 4. The van der Waals surface area contributed by atoms with Crippen molar-refractivity contribution in [2.75, 3.05) is 11.1 Å². The molecule has 1 amide bonds. The molecule has 0 aliphatic heterocycles. The number of amides is 1. The molecule has 0 bridgehead atoms. The number of pyridine rings is 1. The molecule has 0 radical (unpaired) electrons. The van der Waals surface area contributed by atoms with E-state index in [9.17, 15) is 9.18 Å². The Labute approximate surface area is 158 Å². The first kappa shape index (κ1) is 18.3. The molecule has 0 saturated carbocycles. The van der Waals surface area contributed by atoms with Gasteiger partial charge in [-0.2, -0.15) is 0 Å². The maximum Gasteiger partial charge on any atom is 0.236 e. The van der Waals surface area contributed by atoms with Gasteiger partial charge in [0.1, 0.15) is 11.6 Å². The SMILES string of the molecule is CCn1c(SCC(=O)Nc2ccc(Cl)cn2)nnc1-c1ccc(F)cc1. The second-order valence-electron chi connectivity index (χ2n) is 5.26. The summed E-state index contributed by atoms with van der Waals surface area (Å²) < 4.78 is 15.0. The van der Waals surface area contributed by atoms with Crippen LogP contribution >= 0.6 is 23.4 Å². The molecular weight excluding hydrogens is 377 g/mol. The topological polar surface area (TPSA) is 72.7 Å². The van der Waals surface area contributed by atoms with Crippen molar-refractivity contribution in [2.45, 2.75) is 18.6 Å². The maximum absolute atomic E-state index is 13.1. The van der Waals surface area contributed by atoms with Gasteiger partial charge in [-0.3, -0.25) is 4.79 Å². The first-order valence-electron chi connectivity index (χ1n) is 7.80. The summed E-state index contributed by atoms with van der Waals surface area (Å²) in [5.74, 6) is 0.710. The number of carbonyl (C=O) groups is 1. The van der Waals surface area contributed by atoms with E-state index < -0.39 is 0 Å². The summed E-state index contributed by atoms with van der Waals surface area (Å²) in [7, 11) is 0. The zero-order valence-electron chi connectivity index (χ0n) is 13.8. The fourth-order valence-corrected chi connectivity index (χ4v) is 3.17. The molecule has 2 aromatic heterocycles. The molecule has 134 valence electrons. The van der Waals surface area contributed by atoms with Crippen LogP contribution in [0, 0.1) is 5.82 Å². The molecule has 0 unspecified atom stereocenters. The molecule has 0 spiro atoms. The summed E-state index contributed by atoms with van der Waals surface area (Å²) in [4.78, 5) is 16.1. The van der Waals surface area contributed by atoms with Gasteiger partial charge in [-0.15, -0.1) is 10.2 Å². The summed E-state index contributed by atoms with van der Waals surface area (Å²) in [5, 5.41) is 12.1. The van der Waals surface area contributed by atoms with Gasteiger partial charge in [0.2, 0.25) is 5.91 Å². The van der Waals surface area contributed by atoms with Gasteiger partial charge in [0, 0.05) is 18.3 Å². The van der Waals surface area contributed by atoms with E-state index in [1.54, 1.807) is 24.3 Å². The van der Waals surface area contributed by atoms with Crippen LogP contribution in [0.4, 0.5) is 10.2 Å². The number of nitrogens with one attached hydrogen (secondary N) is 1. The molecular formula is C17H15ClFN5OS. The van der Waals surface area contributed by atoms with Crippen LogP contribution in [0.2, 0.25) is 5.02 Å². The molecule has 0 atom stereocenters. The van der Waals surface area contributed by atoms with Gasteiger partial charge in [0.15, 0.2) is 11.0 Å². The molecule has 3 aromatic rings. The highest BCUT2D eigenvalue weighted by Crippen LogP contribution is 2.24. The van der Waals surface area contributed by atoms with Crippen molar-refractivity contribution >= 4 is 35.1 Å². The highest BCUT2D eigenvalue weighted by atomic mass is 35.5. The Bertz CT molecular complexity index is 899. The predicted molar refractivity (Wildman–Crippen MR) is 99.7 cm³/mol. The molecule has 1 N–H and O–H groups in total. The Morgan fingerprint density at radius 3 is 2.65 bits per heavy atom. The van der Waals surface area contributed by atoms with Gasteiger partial charge in [-0.1, -0.05) is 23.4 Å². The minimum absolute atomic E-state index is 0.159. The van der Waals surface area contributed by atoms with E-state index in [0.717, 1.165) is 5.56 Å². The van der Waals surface area contributed by atoms with Crippen LogP contribution in [0.3, 0.4) is 0 Å². The summed E-state index contributed by atoms with van der Waals surface area (Å²) in [6, 6.07) is 9.34. The Morgan fingerprint density at radius 2 is 2.00 bits per heavy atom. The highest BCUT2D eigenvalue weighted by molar-refractivity contribution is 7.99. The second-order valence-corrected chi connectivity index (χ2v) is 6.63. The Balaban J connectivity index is 1.67. The zero-order valence-corrected chi connectivity index (χ0v) is 15.4. The summed E-state index contributed by atoms with van der Waals surface area (Å²) in [6.07, 6.45) is 1.47. The summed E-state index contributed by atoms with van der Waals surface area (Å²) in [6.45, 7) is 2.58. The van der Waals surface area contributed by atoms with Crippen LogP contribution in [-0.2, 0) is 11.3 Å². The lowest BCUT2D eigenvalue weighted by Crippen LogP contribution is -2.15. The molecule has 0 aliphatic rings. The largest absolute Gasteiger partial charge is 0.310 e. The summed E-state index contributed by atoms with van der Waals surface area (Å²) in [5.41, 5.74) is 0.766. The quantitative estimate of drug-likeness (QED) is 0.645. The minimum Gasteiger partial charge on any atom is -0.310 e. The van der Waals surface area contributed by atoms with Gasteiger partial charge >= 0.3 is 0 Å². The number of nitrogens with zero attached hydrogens (tertiary/aromatic N) is 4. The Hall–Kier alpha value is -2.45. The molecule has 0 aliphatic carbocycles. The van der Waals surface area contributed by atoms with Crippen molar-refractivity contribution in [3.63, 3.8) is 0 Å². The van der Waals surface area contributed by atoms with E-state index in [4.69, 9.17) is 11.6 Å². The molecule has 26 heavy (non-hydrogen) atoms. The number of hydrogen-bond acceptors (Lipinski definition) is 5. The maximum atomic E-state index is 13.1. The van der Waals surface area contributed by atoms with E-state index in [1.165, 1.54) is 30.1 Å². The lowest BCUT2D eigenvalue weighted by Gasteiger charge is -2.07. The van der Waals surface area contributed by atoms with Crippen molar-refractivity contribution in [1.82, 2.24) is 19.7 Å². The van der Waals surface area contributed by atoms with E-state index >= 15 is 0 Å². The van der Waals surface area contributed by atoms with Gasteiger partial charge in [-0.05, 0) is 43.3 Å². The van der Waals surface area contributed by atoms with Crippen LogP contribution in [0.15, 0.2) is 47.8 Å². The fraction of sp³-hybridized carbons (Fsp3) is 0.176. The third-order valence-electron chi connectivity index (χ3n) is 3.46. The molecule has 3 rings (SSSR count). The fourth-order valence-electron chi connectivity index (χ4n) is 2.25. The van der Waals surface area contributed by atoms with Crippen molar-refractivity contribution < 1.29 is 9.18 Å². The average molecular weight is 392 g/mol. The van der Waals surface area contributed by atoms with E-state index in [0.29, 0.717) is 28.4 Å². The third kappa shape index (κ3) is 4.39. The molecule has 1 aromatic carbocycles. The van der Waals surface area contributed by atoms with Gasteiger partial charge in [0.05, 0.1) is 10.8 Å². The number of rotatable bonds is 6.